The molecule has 2 nitrogen and oxygen atoms in total. The Hall–Kier alpha value is -1.59. The van der Waals surface area contributed by atoms with Gasteiger partial charge in [0.25, 0.3) is 0 Å². The van der Waals surface area contributed by atoms with Crippen LogP contribution in [0.15, 0.2) is 47.4 Å². The zero-order chi connectivity index (χ0) is 13.8. The van der Waals surface area contributed by atoms with E-state index in [0.29, 0.717) is 11.3 Å². The van der Waals surface area contributed by atoms with Crippen LogP contribution in [-0.4, -0.2) is 11.2 Å². The number of hydrogen-bond donors (Lipinski definition) is 2. The fourth-order valence-corrected chi connectivity index (χ4v) is 2.24. The van der Waals surface area contributed by atoms with Crippen molar-refractivity contribution in [2.45, 2.75) is 4.90 Å². The summed E-state index contributed by atoms with van der Waals surface area (Å²) < 4.78 is 13.2. The van der Waals surface area contributed by atoms with Crippen LogP contribution in [0.2, 0.25) is 0 Å². The standard InChI is InChI=1S/C14H13FN2S2/c1-19-11-5-3-10(4-6-11)17-13-7-2-9(15)8-12(13)14(16)18/h2-8,17H,1H3,(H2,16,18). The molecule has 0 aliphatic carbocycles. The zero-order valence-corrected chi connectivity index (χ0v) is 11.9. The normalized spacial score (nSPS) is 10.2. The number of rotatable bonds is 4. The maximum absolute atomic E-state index is 13.2. The molecule has 2 aromatic carbocycles. The van der Waals surface area contributed by atoms with Gasteiger partial charge in [0.1, 0.15) is 10.8 Å². The first kappa shape index (κ1) is 13.8. The lowest BCUT2D eigenvalue weighted by Crippen LogP contribution is -2.12. The molecule has 0 aliphatic rings. The highest BCUT2D eigenvalue weighted by Gasteiger charge is 2.07. The SMILES string of the molecule is CSc1ccc(Nc2ccc(F)cc2C(N)=S)cc1. The molecule has 0 fully saturated rings. The summed E-state index contributed by atoms with van der Waals surface area (Å²) in [6.07, 6.45) is 2.02. The van der Waals surface area contributed by atoms with Gasteiger partial charge in [-0.3, -0.25) is 0 Å². The molecule has 0 spiro atoms. The molecule has 0 saturated carbocycles. The Morgan fingerprint density at radius 1 is 1.21 bits per heavy atom. The Kier molecular flexibility index (Phi) is 4.39. The zero-order valence-electron chi connectivity index (χ0n) is 10.3. The summed E-state index contributed by atoms with van der Waals surface area (Å²) in [4.78, 5) is 1.35. The molecule has 0 atom stereocenters. The molecule has 0 radical (unpaired) electrons. The molecule has 0 amide bonds. The molecular formula is C14H13FN2S2. The van der Waals surface area contributed by atoms with Gasteiger partial charge < -0.3 is 11.1 Å². The van der Waals surface area contributed by atoms with E-state index in [1.54, 1.807) is 17.8 Å². The molecule has 2 aromatic rings. The van der Waals surface area contributed by atoms with E-state index in [1.807, 2.05) is 30.5 Å². The summed E-state index contributed by atoms with van der Waals surface area (Å²) in [5, 5.41) is 3.19. The maximum Gasteiger partial charge on any atom is 0.124 e. The average Bonchev–Trinajstić information content (AvgIpc) is 2.41. The molecule has 3 N–H and O–H groups in total. The van der Waals surface area contributed by atoms with E-state index < -0.39 is 0 Å². The second-order valence-electron chi connectivity index (χ2n) is 3.91. The molecule has 2 rings (SSSR count). The van der Waals surface area contributed by atoms with E-state index in [0.717, 1.165) is 5.69 Å². The Labute approximate surface area is 121 Å². The van der Waals surface area contributed by atoms with Gasteiger partial charge in [-0.15, -0.1) is 11.8 Å². The highest BCUT2D eigenvalue weighted by atomic mass is 32.2. The monoisotopic (exact) mass is 292 g/mol. The summed E-state index contributed by atoms with van der Waals surface area (Å²) >= 11 is 6.61. The number of thiocarbonyl (C=S) groups is 1. The minimum absolute atomic E-state index is 0.169. The summed E-state index contributed by atoms with van der Waals surface area (Å²) in [6.45, 7) is 0. The van der Waals surface area contributed by atoms with Crippen LogP contribution in [0, 0.1) is 5.82 Å². The van der Waals surface area contributed by atoms with Crippen molar-refractivity contribution in [1.82, 2.24) is 0 Å². The first-order valence-electron chi connectivity index (χ1n) is 5.60. The van der Waals surface area contributed by atoms with Crippen molar-refractivity contribution in [2.75, 3.05) is 11.6 Å². The third-order valence-electron chi connectivity index (χ3n) is 2.62. The van der Waals surface area contributed by atoms with Crippen molar-refractivity contribution in [1.29, 1.82) is 0 Å². The number of nitrogens with two attached hydrogens (primary N) is 1. The largest absolute Gasteiger partial charge is 0.389 e. The number of nitrogens with one attached hydrogen (secondary N) is 1. The van der Waals surface area contributed by atoms with Gasteiger partial charge in [0, 0.05) is 21.8 Å². The molecule has 5 heteroatoms. The highest BCUT2D eigenvalue weighted by molar-refractivity contribution is 7.98. The summed E-state index contributed by atoms with van der Waals surface area (Å²) in [5.74, 6) is -0.355. The predicted molar refractivity (Wildman–Crippen MR) is 83.8 cm³/mol. The van der Waals surface area contributed by atoms with Crippen molar-refractivity contribution in [2.24, 2.45) is 5.73 Å². The highest BCUT2D eigenvalue weighted by Crippen LogP contribution is 2.24. The van der Waals surface area contributed by atoms with Crippen LogP contribution in [0.3, 0.4) is 0 Å². The summed E-state index contributed by atoms with van der Waals surface area (Å²) in [7, 11) is 0. The van der Waals surface area contributed by atoms with Crippen molar-refractivity contribution in [3.8, 4) is 0 Å². The molecule has 98 valence electrons. The van der Waals surface area contributed by atoms with Crippen LogP contribution in [0.1, 0.15) is 5.56 Å². The Balaban J connectivity index is 2.29. The number of halogens is 1. The third-order valence-corrected chi connectivity index (χ3v) is 3.58. The second-order valence-corrected chi connectivity index (χ2v) is 5.23. The van der Waals surface area contributed by atoms with Crippen LogP contribution in [0.25, 0.3) is 0 Å². The Morgan fingerprint density at radius 3 is 2.47 bits per heavy atom. The van der Waals surface area contributed by atoms with Gasteiger partial charge in [0.05, 0.1) is 0 Å². The lowest BCUT2D eigenvalue weighted by atomic mass is 10.1. The first-order valence-corrected chi connectivity index (χ1v) is 7.24. The van der Waals surface area contributed by atoms with Crippen LogP contribution in [0.5, 0.6) is 0 Å². The van der Waals surface area contributed by atoms with E-state index in [4.69, 9.17) is 18.0 Å². The van der Waals surface area contributed by atoms with Crippen molar-refractivity contribution in [3.05, 3.63) is 53.8 Å². The quantitative estimate of drug-likeness (QED) is 0.661. The summed E-state index contributed by atoms with van der Waals surface area (Å²) in [6, 6.07) is 12.3. The fourth-order valence-electron chi connectivity index (χ4n) is 1.66. The Bertz CT molecular complexity index is 597. The fraction of sp³-hybridized carbons (Fsp3) is 0.0714. The van der Waals surface area contributed by atoms with E-state index in [1.165, 1.54) is 17.0 Å². The molecule has 19 heavy (non-hydrogen) atoms. The molecule has 0 saturated heterocycles. The number of benzene rings is 2. The van der Waals surface area contributed by atoms with Gasteiger partial charge in [0.2, 0.25) is 0 Å². The summed E-state index contributed by atoms with van der Waals surface area (Å²) in [5.41, 5.74) is 7.71. The predicted octanol–water partition coefficient (Wildman–Crippen LogP) is 3.93. The van der Waals surface area contributed by atoms with Gasteiger partial charge in [-0.05, 0) is 48.7 Å². The molecule has 0 aromatic heterocycles. The number of anilines is 2. The molecular weight excluding hydrogens is 279 g/mol. The van der Waals surface area contributed by atoms with Crippen molar-refractivity contribution >= 4 is 40.3 Å². The van der Waals surface area contributed by atoms with Crippen LogP contribution >= 0.6 is 24.0 Å². The third kappa shape index (κ3) is 3.45. The van der Waals surface area contributed by atoms with E-state index in [2.05, 4.69) is 5.32 Å². The van der Waals surface area contributed by atoms with Crippen molar-refractivity contribution in [3.63, 3.8) is 0 Å². The number of thioether (sulfide) groups is 1. The molecule has 0 unspecified atom stereocenters. The van der Waals surface area contributed by atoms with Gasteiger partial charge in [-0.1, -0.05) is 12.2 Å². The lowest BCUT2D eigenvalue weighted by molar-refractivity contribution is 0.628. The van der Waals surface area contributed by atoms with E-state index in [-0.39, 0.29) is 10.8 Å². The topological polar surface area (TPSA) is 38.0 Å². The average molecular weight is 292 g/mol. The smallest absolute Gasteiger partial charge is 0.124 e. The van der Waals surface area contributed by atoms with Crippen LogP contribution in [0.4, 0.5) is 15.8 Å². The molecule has 0 heterocycles. The maximum atomic E-state index is 13.2. The van der Waals surface area contributed by atoms with Gasteiger partial charge in [0.15, 0.2) is 0 Å². The first-order chi connectivity index (χ1) is 9.10. The minimum Gasteiger partial charge on any atom is -0.389 e. The van der Waals surface area contributed by atoms with E-state index in [9.17, 15) is 4.39 Å². The van der Waals surface area contributed by atoms with Gasteiger partial charge in [-0.2, -0.15) is 0 Å². The van der Waals surface area contributed by atoms with Crippen LogP contribution < -0.4 is 11.1 Å². The van der Waals surface area contributed by atoms with Crippen LogP contribution in [-0.2, 0) is 0 Å². The molecule has 0 bridgehead atoms. The van der Waals surface area contributed by atoms with Gasteiger partial charge in [-0.25, -0.2) is 4.39 Å². The van der Waals surface area contributed by atoms with Crippen molar-refractivity contribution < 1.29 is 4.39 Å². The molecule has 0 aliphatic heterocycles. The second kappa shape index (κ2) is 6.04. The lowest BCUT2D eigenvalue weighted by Gasteiger charge is -2.11. The number of hydrogen-bond acceptors (Lipinski definition) is 3. The van der Waals surface area contributed by atoms with Gasteiger partial charge >= 0.3 is 0 Å². The Morgan fingerprint density at radius 2 is 1.89 bits per heavy atom. The minimum atomic E-state index is -0.355. The van der Waals surface area contributed by atoms with E-state index >= 15 is 0 Å².